The molecule has 0 saturated carbocycles. The summed E-state index contributed by atoms with van der Waals surface area (Å²) in [5.41, 5.74) is 0. The Morgan fingerprint density at radius 1 is 1.48 bits per heavy atom. The molecule has 21 heavy (non-hydrogen) atoms. The van der Waals surface area contributed by atoms with Crippen LogP contribution in [-0.4, -0.2) is 60.5 Å². The van der Waals surface area contributed by atoms with Crippen molar-refractivity contribution in [3.8, 4) is 0 Å². The number of guanidine groups is 1. The van der Waals surface area contributed by atoms with E-state index in [2.05, 4.69) is 27.4 Å². The van der Waals surface area contributed by atoms with E-state index in [-0.39, 0.29) is 35.9 Å². The van der Waals surface area contributed by atoms with Gasteiger partial charge in [0.15, 0.2) is 5.96 Å². The van der Waals surface area contributed by atoms with Crippen molar-refractivity contribution in [3.05, 3.63) is 0 Å². The van der Waals surface area contributed by atoms with Crippen molar-refractivity contribution in [2.45, 2.75) is 44.9 Å². The number of carbonyl (C=O) groups is 1. The number of rotatable bonds is 5. The highest BCUT2D eigenvalue weighted by Crippen LogP contribution is 2.20. The van der Waals surface area contributed by atoms with Crippen LogP contribution in [0.4, 0.5) is 0 Å². The highest BCUT2D eigenvalue weighted by atomic mass is 127. The van der Waals surface area contributed by atoms with Crippen LogP contribution < -0.4 is 10.6 Å². The van der Waals surface area contributed by atoms with Crippen LogP contribution >= 0.6 is 35.7 Å². The lowest BCUT2D eigenvalue weighted by Gasteiger charge is -2.34. The molecule has 124 valence electrons. The third kappa shape index (κ3) is 8.13. The van der Waals surface area contributed by atoms with Crippen molar-refractivity contribution in [2.75, 3.05) is 32.4 Å². The fourth-order valence-electron chi connectivity index (χ4n) is 2.17. The van der Waals surface area contributed by atoms with Crippen molar-refractivity contribution in [1.82, 2.24) is 15.5 Å². The Kier molecular flexibility index (Phi) is 11.3. The Balaban J connectivity index is 0.00000400. The van der Waals surface area contributed by atoms with E-state index < -0.39 is 0 Å². The Morgan fingerprint density at radius 3 is 2.76 bits per heavy atom. The smallest absolute Gasteiger partial charge is 0.221 e. The molecule has 1 atom stereocenters. The third-order valence-electron chi connectivity index (χ3n) is 3.19. The first-order chi connectivity index (χ1) is 9.56. The van der Waals surface area contributed by atoms with Gasteiger partial charge in [0.1, 0.15) is 0 Å². The summed E-state index contributed by atoms with van der Waals surface area (Å²) in [4.78, 5) is 18.2. The quantitative estimate of drug-likeness (QED) is 0.399. The largest absolute Gasteiger partial charge is 0.356 e. The van der Waals surface area contributed by atoms with Crippen molar-refractivity contribution in [3.63, 3.8) is 0 Å². The number of hydrogen-bond donors (Lipinski definition) is 2. The lowest BCUT2D eigenvalue weighted by atomic mass is 10.3. The van der Waals surface area contributed by atoms with E-state index in [4.69, 9.17) is 0 Å². The van der Waals surface area contributed by atoms with Gasteiger partial charge in [-0.25, -0.2) is 0 Å². The molecule has 0 spiro atoms. The van der Waals surface area contributed by atoms with E-state index in [9.17, 15) is 4.79 Å². The fourth-order valence-corrected chi connectivity index (χ4v) is 3.35. The average molecular weight is 428 g/mol. The minimum absolute atomic E-state index is 0. The third-order valence-corrected chi connectivity index (χ3v) is 4.56. The molecular formula is C14H29IN4OS. The van der Waals surface area contributed by atoms with Gasteiger partial charge in [-0.15, -0.1) is 24.0 Å². The molecule has 1 saturated heterocycles. The van der Waals surface area contributed by atoms with E-state index >= 15 is 0 Å². The summed E-state index contributed by atoms with van der Waals surface area (Å²) >= 11 is 2.04. The number of nitrogens with zero attached hydrogens (tertiary/aromatic N) is 2. The number of halogens is 1. The van der Waals surface area contributed by atoms with E-state index in [0.29, 0.717) is 18.2 Å². The van der Waals surface area contributed by atoms with Gasteiger partial charge in [-0.1, -0.05) is 6.92 Å². The molecule has 1 aliphatic rings. The molecule has 0 radical (unpaired) electrons. The second-order valence-electron chi connectivity index (χ2n) is 5.29. The first kappa shape index (κ1) is 20.8. The normalized spacial score (nSPS) is 19.2. The van der Waals surface area contributed by atoms with Gasteiger partial charge in [-0.2, -0.15) is 11.8 Å². The zero-order valence-electron chi connectivity index (χ0n) is 13.5. The van der Waals surface area contributed by atoms with E-state index in [1.54, 1.807) is 7.05 Å². The molecule has 1 aliphatic heterocycles. The van der Waals surface area contributed by atoms with Crippen LogP contribution in [0.3, 0.4) is 0 Å². The molecule has 7 heteroatoms. The summed E-state index contributed by atoms with van der Waals surface area (Å²) in [6, 6.07) is 0.200. The first-order valence-corrected chi connectivity index (χ1v) is 8.48. The summed E-state index contributed by atoms with van der Waals surface area (Å²) < 4.78 is 0. The summed E-state index contributed by atoms with van der Waals surface area (Å²) in [5.74, 6) is 2.15. The van der Waals surface area contributed by atoms with Gasteiger partial charge in [-0.05, 0) is 20.3 Å². The standard InChI is InChI=1S/C14H28N4OS.HI/c1-5-12-10-18(8-9-20-12)14(15-4)16-7-6-13(19)17-11(2)3;/h11-12H,5-10H2,1-4H3,(H,15,16)(H,17,19);1H. The number of amides is 1. The maximum Gasteiger partial charge on any atom is 0.221 e. The molecular weight excluding hydrogens is 399 g/mol. The topological polar surface area (TPSA) is 56.7 Å². The Morgan fingerprint density at radius 2 is 2.19 bits per heavy atom. The monoisotopic (exact) mass is 428 g/mol. The van der Waals surface area contributed by atoms with Crippen molar-refractivity contribution in [2.24, 2.45) is 4.99 Å². The number of thioether (sulfide) groups is 1. The number of aliphatic imine (C=N–C) groups is 1. The van der Waals surface area contributed by atoms with Gasteiger partial charge < -0.3 is 15.5 Å². The molecule has 1 fully saturated rings. The fraction of sp³-hybridized carbons (Fsp3) is 0.857. The predicted molar refractivity (Wildman–Crippen MR) is 103 cm³/mol. The molecule has 0 aliphatic carbocycles. The maximum absolute atomic E-state index is 11.6. The molecule has 1 amide bonds. The predicted octanol–water partition coefficient (Wildman–Crippen LogP) is 1.92. The highest BCUT2D eigenvalue weighted by molar-refractivity contribution is 14.0. The first-order valence-electron chi connectivity index (χ1n) is 7.43. The summed E-state index contributed by atoms with van der Waals surface area (Å²) in [6.07, 6.45) is 1.67. The van der Waals surface area contributed by atoms with E-state index in [1.165, 1.54) is 6.42 Å². The van der Waals surface area contributed by atoms with Crippen LogP contribution in [0, 0.1) is 0 Å². The van der Waals surface area contributed by atoms with Gasteiger partial charge in [0.05, 0.1) is 0 Å². The zero-order chi connectivity index (χ0) is 15.0. The molecule has 1 unspecified atom stereocenters. The molecule has 1 rings (SSSR count). The minimum atomic E-state index is 0. The summed E-state index contributed by atoms with van der Waals surface area (Å²) in [7, 11) is 1.80. The van der Waals surface area contributed by atoms with Crippen molar-refractivity contribution >= 4 is 47.6 Å². The van der Waals surface area contributed by atoms with Gasteiger partial charge in [0.2, 0.25) is 5.91 Å². The molecule has 0 bridgehead atoms. The van der Waals surface area contributed by atoms with Crippen LogP contribution in [-0.2, 0) is 4.79 Å². The Hall–Kier alpha value is -0.180. The Labute approximate surface area is 150 Å². The van der Waals surface area contributed by atoms with Crippen molar-refractivity contribution < 1.29 is 4.79 Å². The van der Waals surface area contributed by atoms with Gasteiger partial charge >= 0.3 is 0 Å². The molecule has 5 nitrogen and oxygen atoms in total. The summed E-state index contributed by atoms with van der Waals surface area (Å²) in [5, 5.41) is 6.87. The van der Waals surface area contributed by atoms with Gasteiger partial charge in [-0.3, -0.25) is 9.79 Å². The number of nitrogens with one attached hydrogen (secondary N) is 2. The number of hydrogen-bond acceptors (Lipinski definition) is 3. The van der Waals surface area contributed by atoms with Crippen molar-refractivity contribution in [1.29, 1.82) is 0 Å². The van der Waals surface area contributed by atoms with Gasteiger partial charge in [0.25, 0.3) is 0 Å². The second-order valence-corrected chi connectivity index (χ2v) is 6.70. The molecule has 2 N–H and O–H groups in total. The zero-order valence-corrected chi connectivity index (χ0v) is 16.7. The van der Waals surface area contributed by atoms with Crippen LogP contribution in [0.15, 0.2) is 4.99 Å². The second kappa shape index (κ2) is 11.4. The number of carbonyl (C=O) groups excluding carboxylic acids is 1. The average Bonchev–Trinajstić information content (AvgIpc) is 2.43. The molecule has 0 aromatic rings. The highest BCUT2D eigenvalue weighted by Gasteiger charge is 2.21. The lowest BCUT2D eigenvalue weighted by molar-refractivity contribution is -0.121. The van der Waals surface area contributed by atoms with Crippen LogP contribution in [0.5, 0.6) is 0 Å². The van der Waals surface area contributed by atoms with Crippen LogP contribution in [0.25, 0.3) is 0 Å². The molecule has 1 heterocycles. The summed E-state index contributed by atoms with van der Waals surface area (Å²) in [6.45, 7) is 8.87. The van der Waals surface area contributed by atoms with E-state index in [1.807, 2.05) is 25.6 Å². The SMILES string of the molecule is CCC1CN(C(=NC)NCCC(=O)NC(C)C)CCS1.I. The lowest BCUT2D eigenvalue weighted by Crippen LogP contribution is -2.48. The van der Waals surface area contributed by atoms with Gasteiger partial charge in [0, 0.05) is 50.1 Å². The molecule has 0 aromatic heterocycles. The van der Waals surface area contributed by atoms with Crippen LogP contribution in [0.2, 0.25) is 0 Å². The minimum Gasteiger partial charge on any atom is -0.356 e. The Bertz CT molecular complexity index is 339. The molecule has 0 aromatic carbocycles. The van der Waals surface area contributed by atoms with Crippen LogP contribution in [0.1, 0.15) is 33.6 Å². The van der Waals surface area contributed by atoms with E-state index in [0.717, 1.165) is 24.8 Å². The maximum atomic E-state index is 11.6.